The summed E-state index contributed by atoms with van der Waals surface area (Å²) in [5.74, 6) is -2.09. The van der Waals surface area contributed by atoms with Crippen LogP contribution in [0.2, 0.25) is 0 Å². The fraction of sp³-hybridized carbons (Fsp3) is 0.360. The highest BCUT2D eigenvalue weighted by atomic mass is 16.6. The molecule has 10 nitrogen and oxygen atoms in total. The van der Waals surface area contributed by atoms with E-state index < -0.39 is 34.2 Å². The molecule has 0 saturated heterocycles. The molecule has 35 heavy (non-hydrogen) atoms. The number of carbonyl (C=O) groups is 3. The van der Waals surface area contributed by atoms with Gasteiger partial charge in [0.15, 0.2) is 11.9 Å². The van der Waals surface area contributed by atoms with E-state index in [1.165, 1.54) is 44.3 Å². The number of esters is 1. The molecule has 0 bridgehead atoms. The summed E-state index contributed by atoms with van der Waals surface area (Å²) in [5.41, 5.74) is -1.08. The van der Waals surface area contributed by atoms with Crippen molar-refractivity contribution in [1.82, 2.24) is 5.32 Å². The van der Waals surface area contributed by atoms with Crippen LogP contribution in [-0.4, -0.2) is 41.3 Å². The van der Waals surface area contributed by atoms with E-state index in [4.69, 9.17) is 4.74 Å². The minimum absolute atomic E-state index is 0.0163. The zero-order chi connectivity index (χ0) is 25.6. The Kier molecular flexibility index (Phi) is 7.81. The molecule has 0 spiro atoms. The first-order valence-electron chi connectivity index (χ1n) is 11.3. The fourth-order valence-corrected chi connectivity index (χ4v) is 4.09. The standard InChI is InChI=1S/C25H26N4O6/c1-16(23(31)28-25(15-26)12-6-3-7-13-25)35-24(32)19-9-5-4-8-18(19)22(30)17-10-11-20(27-2)21(14-17)29(33)34/h4-5,8-11,14,16,27H,3,6-7,12-13H2,1-2H3,(H,28,31)/t16-/m1/s1. The molecular weight excluding hydrogens is 452 g/mol. The van der Waals surface area contributed by atoms with E-state index in [0.29, 0.717) is 12.8 Å². The van der Waals surface area contributed by atoms with Crippen LogP contribution in [0.15, 0.2) is 42.5 Å². The molecule has 2 aromatic rings. The monoisotopic (exact) mass is 478 g/mol. The number of ether oxygens (including phenoxy) is 1. The lowest BCUT2D eigenvalue weighted by atomic mass is 9.83. The summed E-state index contributed by atoms with van der Waals surface area (Å²) in [5, 5.41) is 26.3. The SMILES string of the molecule is CNc1ccc(C(=O)c2ccccc2C(=O)O[C@H](C)C(=O)NC2(C#N)CCCCC2)cc1[N+](=O)[O-]. The van der Waals surface area contributed by atoms with Crippen LogP contribution in [0.5, 0.6) is 0 Å². The van der Waals surface area contributed by atoms with Gasteiger partial charge in [-0.3, -0.25) is 19.7 Å². The maximum absolute atomic E-state index is 13.1. The van der Waals surface area contributed by atoms with E-state index in [1.54, 1.807) is 6.07 Å². The van der Waals surface area contributed by atoms with E-state index in [1.807, 2.05) is 0 Å². The van der Waals surface area contributed by atoms with Crippen LogP contribution >= 0.6 is 0 Å². The highest BCUT2D eigenvalue weighted by Gasteiger charge is 2.35. The van der Waals surface area contributed by atoms with Gasteiger partial charge in [0.1, 0.15) is 11.2 Å². The Morgan fingerprint density at radius 2 is 1.77 bits per heavy atom. The van der Waals surface area contributed by atoms with Crippen molar-refractivity contribution >= 4 is 29.0 Å². The van der Waals surface area contributed by atoms with Gasteiger partial charge in [0.05, 0.1) is 16.6 Å². The maximum Gasteiger partial charge on any atom is 0.339 e. The molecule has 0 aromatic heterocycles. The van der Waals surface area contributed by atoms with Crippen LogP contribution in [0, 0.1) is 21.4 Å². The summed E-state index contributed by atoms with van der Waals surface area (Å²) in [7, 11) is 1.53. The van der Waals surface area contributed by atoms with Gasteiger partial charge in [0.2, 0.25) is 0 Å². The largest absolute Gasteiger partial charge is 0.449 e. The third-order valence-electron chi connectivity index (χ3n) is 6.05. The molecule has 1 aliphatic carbocycles. The van der Waals surface area contributed by atoms with Crippen LogP contribution in [-0.2, 0) is 9.53 Å². The second kappa shape index (κ2) is 10.8. The first kappa shape index (κ1) is 25.4. The molecule has 1 amide bonds. The van der Waals surface area contributed by atoms with Crippen molar-refractivity contribution in [3.8, 4) is 6.07 Å². The Bertz CT molecular complexity index is 1200. The lowest BCUT2D eigenvalue weighted by Crippen LogP contribution is -2.52. The number of anilines is 1. The van der Waals surface area contributed by atoms with Gasteiger partial charge in [-0.1, -0.05) is 37.5 Å². The molecule has 2 aromatic carbocycles. The van der Waals surface area contributed by atoms with Crippen molar-refractivity contribution in [2.45, 2.75) is 50.7 Å². The average molecular weight is 479 g/mol. The van der Waals surface area contributed by atoms with Gasteiger partial charge in [-0.05, 0) is 38.0 Å². The van der Waals surface area contributed by atoms with E-state index in [-0.39, 0.29) is 28.1 Å². The lowest BCUT2D eigenvalue weighted by Gasteiger charge is -2.32. The normalized spacial score (nSPS) is 15.2. The number of rotatable bonds is 8. The highest BCUT2D eigenvalue weighted by Crippen LogP contribution is 2.28. The Hall–Kier alpha value is -4.26. The smallest absolute Gasteiger partial charge is 0.339 e. The second-order valence-electron chi connectivity index (χ2n) is 8.41. The van der Waals surface area contributed by atoms with E-state index >= 15 is 0 Å². The van der Waals surface area contributed by atoms with Gasteiger partial charge >= 0.3 is 5.97 Å². The van der Waals surface area contributed by atoms with Crippen LogP contribution < -0.4 is 10.6 Å². The Morgan fingerprint density at radius 1 is 1.11 bits per heavy atom. The summed E-state index contributed by atoms with van der Waals surface area (Å²) in [6.07, 6.45) is 2.51. The molecule has 2 N–H and O–H groups in total. The van der Waals surface area contributed by atoms with Crippen LogP contribution in [0.1, 0.15) is 65.3 Å². The number of carbonyl (C=O) groups excluding carboxylic acids is 3. The van der Waals surface area contributed by atoms with Gasteiger partial charge in [-0.2, -0.15) is 5.26 Å². The minimum Gasteiger partial charge on any atom is -0.449 e. The van der Waals surface area contributed by atoms with E-state index in [2.05, 4.69) is 16.7 Å². The molecule has 10 heteroatoms. The van der Waals surface area contributed by atoms with Crippen molar-refractivity contribution in [1.29, 1.82) is 5.26 Å². The number of hydrogen-bond acceptors (Lipinski definition) is 8. The molecule has 0 aliphatic heterocycles. The van der Waals surface area contributed by atoms with E-state index in [9.17, 15) is 29.8 Å². The number of nitrogens with one attached hydrogen (secondary N) is 2. The summed E-state index contributed by atoms with van der Waals surface area (Å²) in [4.78, 5) is 49.5. The topological polar surface area (TPSA) is 151 Å². The molecule has 1 aliphatic rings. The van der Waals surface area contributed by atoms with Crippen molar-refractivity contribution in [2.75, 3.05) is 12.4 Å². The highest BCUT2D eigenvalue weighted by molar-refractivity contribution is 6.15. The quantitative estimate of drug-likeness (QED) is 0.252. The van der Waals surface area contributed by atoms with Crippen molar-refractivity contribution in [3.63, 3.8) is 0 Å². The molecule has 1 saturated carbocycles. The third kappa shape index (κ3) is 5.63. The second-order valence-corrected chi connectivity index (χ2v) is 8.41. The molecule has 0 radical (unpaired) electrons. The Morgan fingerprint density at radius 3 is 2.37 bits per heavy atom. The number of nitro groups is 1. The fourth-order valence-electron chi connectivity index (χ4n) is 4.09. The maximum atomic E-state index is 13.1. The van der Waals surface area contributed by atoms with Crippen molar-refractivity contribution in [3.05, 3.63) is 69.3 Å². The molecule has 1 atom stereocenters. The number of benzene rings is 2. The minimum atomic E-state index is -1.20. The summed E-state index contributed by atoms with van der Waals surface area (Å²) >= 11 is 0. The number of nitriles is 1. The first-order chi connectivity index (χ1) is 16.7. The molecule has 0 heterocycles. The van der Waals surface area contributed by atoms with Crippen LogP contribution in [0.25, 0.3) is 0 Å². The van der Waals surface area contributed by atoms with Gasteiger partial charge in [-0.25, -0.2) is 4.79 Å². The van der Waals surface area contributed by atoms with Crippen molar-refractivity contribution in [2.24, 2.45) is 0 Å². The molecule has 3 rings (SSSR count). The zero-order valence-electron chi connectivity index (χ0n) is 19.5. The Balaban J connectivity index is 1.79. The summed E-state index contributed by atoms with van der Waals surface area (Å²) < 4.78 is 5.32. The summed E-state index contributed by atoms with van der Waals surface area (Å²) in [6.45, 7) is 1.39. The predicted octanol–water partition coefficient (Wildman–Crippen LogP) is 3.76. The average Bonchev–Trinajstić information content (AvgIpc) is 2.88. The first-order valence-corrected chi connectivity index (χ1v) is 11.3. The number of nitro benzene ring substituents is 1. The van der Waals surface area contributed by atoms with Gasteiger partial charge in [-0.15, -0.1) is 0 Å². The van der Waals surface area contributed by atoms with Crippen LogP contribution in [0.3, 0.4) is 0 Å². The lowest BCUT2D eigenvalue weighted by molar-refractivity contribution is -0.384. The van der Waals surface area contributed by atoms with Gasteiger partial charge in [0.25, 0.3) is 11.6 Å². The van der Waals surface area contributed by atoms with Gasteiger partial charge < -0.3 is 15.4 Å². The van der Waals surface area contributed by atoms with E-state index in [0.717, 1.165) is 25.3 Å². The Labute approximate surface area is 202 Å². The molecule has 182 valence electrons. The molecule has 1 fully saturated rings. The molecular formula is C25H26N4O6. The number of ketones is 1. The predicted molar refractivity (Wildman–Crippen MR) is 127 cm³/mol. The molecule has 0 unspecified atom stereocenters. The number of nitrogens with zero attached hydrogens (tertiary/aromatic N) is 2. The van der Waals surface area contributed by atoms with Gasteiger partial charge in [0, 0.05) is 24.2 Å². The summed E-state index contributed by atoms with van der Waals surface area (Å²) in [6, 6.07) is 12.0. The zero-order valence-corrected chi connectivity index (χ0v) is 19.5. The number of amides is 1. The number of hydrogen-bond donors (Lipinski definition) is 2. The third-order valence-corrected chi connectivity index (χ3v) is 6.05. The van der Waals surface area contributed by atoms with Crippen molar-refractivity contribution < 1.29 is 24.0 Å². The van der Waals surface area contributed by atoms with Crippen LogP contribution in [0.4, 0.5) is 11.4 Å².